The van der Waals surface area contributed by atoms with Crippen LogP contribution in [0.15, 0.2) is 18.2 Å². The van der Waals surface area contributed by atoms with Gasteiger partial charge in [0.1, 0.15) is 16.2 Å². The minimum Gasteiger partial charge on any atom is -0.481 e. The molecule has 0 radical (unpaired) electrons. The van der Waals surface area contributed by atoms with Crippen LogP contribution in [0.1, 0.15) is 39.3 Å². The molecule has 0 aromatic carbocycles. The Hall–Kier alpha value is -1.82. The van der Waals surface area contributed by atoms with Crippen LogP contribution in [0, 0.1) is 5.92 Å². The molecule has 3 unspecified atom stereocenters. The highest BCUT2D eigenvalue weighted by Crippen LogP contribution is 2.55. The van der Waals surface area contributed by atoms with Gasteiger partial charge in [0.25, 0.3) is 0 Å². The van der Waals surface area contributed by atoms with Crippen LogP contribution < -0.4 is 0 Å². The second-order valence-corrected chi connectivity index (χ2v) is 7.84. The van der Waals surface area contributed by atoms with Gasteiger partial charge in [-0.25, -0.2) is 9.78 Å². The highest BCUT2D eigenvalue weighted by molar-refractivity contribution is 6.29. The minimum absolute atomic E-state index is 0.120. The van der Waals surface area contributed by atoms with Crippen molar-refractivity contribution >= 4 is 23.7 Å². The third-order valence-corrected chi connectivity index (χ3v) is 4.93. The molecule has 1 amide bonds. The quantitative estimate of drug-likeness (QED) is 0.827. The largest absolute Gasteiger partial charge is 0.481 e. The molecule has 3 atom stereocenters. The molecule has 2 fully saturated rings. The molecule has 1 aromatic rings. The lowest BCUT2D eigenvalue weighted by molar-refractivity contribution is -0.146. The number of aromatic nitrogens is 1. The maximum Gasteiger partial charge on any atom is 0.410 e. The second kappa shape index (κ2) is 5.62. The lowest BCUT2D eigenvalue weighted by atomic mass is 9.74. The lowest BCUT2D eigenvalue weighted by Crippen LogP contribution is -2.51. The Labute approximate surface area is 145 Å². The summed E-state index contributed by atoms with van der Waals surface area (Å²) in [6.45, 7) is 5.78. The average Bonchev–Trinajstić information content (AvgIpc) is 3.24. The van der Waals surface area contributed by atoms with Gasteiger partial charge in [-0.1, -0.05) is 17.7 Å². The number of aliphatic carboxylic acids is 1. The van der Waals surface area contributed by atoms with Crippen LogP contribution in [0.3, 0.4) is 0 Å². The number of pyridine rings is 1. The van der Waals surface area contributed by atoms with Crippen LogP contribution in [0.5, 0.6) is 0 Å². The molecule has 0 spiro atoms. The number of carbonyl (C=O) groups is 2. The number of carboxylic acids is 1. The number of rotatable bonds is 2. The summed E-state index contributed by atoms with van der Waals surface area (Å²) in [6.07, 6.45) is 0.559. The van der Waals surface area contributed by atoms with Gasteiger partial charge in [-0.05, 0) is 45.7 Å². The van der Waals surface area contributed by atoms with E-state index in [0.717, 1.165) is 0 Å². The zero-order valence-electron chi connectivity index (χ0n) is 14.0. The average molecular weight is 353 g/mol. The highest BCUT2D eigenvalue weighted by Gasteiger charge is 2.64. The zero-order valence-corrected chi connectivity index (χ0v) is 14.7. The fourth-order valence-electron chi connectivity index (χ4n) is 3.60. The maximum absolute atomic E-state index is 12.3. The summed E-state index contributed by atoms with van der Waals surface area (Å²) >= 11 is 5.96. The van der Waals surface area contributed by atoms with E-state index in [9.17, 15) is 14.7 Å². The molecule has 2 aliphatic rings. The molecule has 130 valence electrons. The first-order valence-electron chi connectivity index (χ1n) is 8.01. The van der Waals surface area contributed by atoms with E-state index >= 15 is 0 Å². The zero-order chi connectivity index (χ0) is 17.7. The van der Waals surface area contributed by atoms with Gasteiger partial charge in [0.15, 0.2) is 0 Å². The highest BCUT2D eigenvalue weighted by atomic mass is 35.5. The van der Waals surface area contributed by atoms with Gasteiger partial charge in [-0.2, -0.15) is 0 Å². The summed E-state index contributed by atoms with van der Waals surface area (Å²) < 4.78 is 5.43. The molecule has 7 heteroatoms. The summed E-state index contributed by atoms with van der Waals surface area (Å²) in [7, 11) is 0. The van der Waals surface area contributed by atoms with Crippen molar-refractivity contribution in [3.63, 3.8) is 0 Å². The number of nitrogens with zero attached hydrogens (tertiary/aromatic N) is 2. The monoisotopic (exact) mass is 352 g/mol. The van der Waals surface area contributed by atoms with E-state index in [0.29, 0.717) is 25.1 Å². The number of hydrogen-bond acceptors (Lipinski definition) is 4. The van der Waals surface area contributed by atoms with Crippen LogP contribution in [-0.2, 0) is 14.9 Å². The number of halogens is 1. The molecule has 6 nitrogen and oxygen atoms in total. The van der Waals surface area contributed by atoms with Crippen LogP contribution >= 0.6 is 11.6 Å². The third kappa shape index (κ3) is 2.83. The number of ether oxygens (including phenoxy) is 1. The molecule has 2 heterocycles. The van der Waals surface area contributed by atoms with Gasteiger partial charge in [-0.3, -0.25) is 4.79 Å². The standard InChI is InChI=1S/C17H21ClN2O4/c1-16(2,3)24-15(23)20-8-7-17(14(21)22,10-9-11(10)20)12-5-4-6-13(18)19-12/h4-6,10-11H,7-9H2,1-3H3,(H,21,22). The van der Waals surface area contributed by atoms with Crippen molar-refractivity contribution < 1.29 is 19.4 Å². The van der Waals surface area contributed by atoms with Crippen LogP contribution in [0.2, 0.25) is 5.15 Å². The smallest absolute Gasteiger partial charge is 0.410 e. The molecule has 1 N–H and O–H groups in total. The first-order valence-corrected chi connectivity index (χ1v) is 8.39. The van der Waals surface area contributed by atoms with Crippen LogP contribution in [-0.4, -0.2) is 45.2 Å². The Bertz CT molecular complexity index is 687. The van der Waals surface area contributed by atoms with Crippen molar-refractivity contribution in [2.45, 2.75) is 50.7 Å². The van der Waals surface area contributed by atoms with Crippen molar-refractivity contribution in [1.82, 2.24) is 9.88 Å². The number of carboxylic acid groups (broad SMARTS) is 1. The molecule has 1 aliphatic heterocycles. The van der Waals surface area contributed by atoms with Crippen molar-refractivity contribution in [2.24, 2.45) is 5.92 Å². The Morgan fingerprint density at radius 3 is 2.71 bits per heavy atom. The lowest BCUT2D eigenvalue weighted by Gasteiger charge is -2.38. The van der Waals surface area contributed by atoms with Gasteiger partial charge in [0.2, 0.25) is 0 Å². The minimum atomic E-state index is -1.09. The predicted molar refractivity (Wildman–Crippen MR) is 88.0 cm³/mol. The summed E-state index contributed by atoms with van der Waals surface area (Å²) in [5.41, 5.74) is -1.19. The van der Waals surface area contributed by atoms with Gasteiger partial charge in [0, 0.05) is 18.5 Å². The van der Waals surface area contributed by atoms with E-state index in [1.807, 2.05) is 20.8 Å². The Morgan fingerprint density at radius 2 is 2.12 bits per heavy atom. The predicted octanol–water partition coefficient (Wildman–Crippen LogP) is 3.09. The number of fused-ring (bicyclic) bond motifs is 1. The Morgan fingerprint density at radius 1 is 1.42 bits per heavy atom. The molecular weight excluding hydrogens is 332 g/mol. The second-order valence-electron chi connectivity index (χ2n) is 7.46. The Kier molecular flexibility index (Phi) is 3.98. The molecule has 24 heavy (non-hydrogen) atoms. The van der Waals surface area contributed by atoms with Gasteiger partial charge >= 0.3 is 12.1 Å². The molecule has 1 aromatic heterocycles. The first kappa shape index (κ1) is 17.0. The topological polar surface area (TPSA) is 79.7 Å². The number of carbonyl (C=O) groups excluding carboxylic acids is 1. The van der Waals surface area contributed by atoms with E-state index in [-0.39, 0.29) is 23.2 Å². The van der Waals surface area contributed by atoms with Crippen molar-refractivity contribution in [3.8, 4) is 0 Å². The normalized spacial score (nSPS) is 28.9. The fourth-order valence-corrected chi connectivity index (χ4v) is 3.76. The number of hydrogen-bond donors (Lipinski definition) is 1. The van der Waals surface area contributed by atoms with Crippen molar-refractivity contribution in [3.05, 3.63) is 29.0 Å². The Balaban J connectivity index is 1.86. The summed E-state index contributed by atoms with van der Waals surface area (Å²) in [4.78, 5) is 30.4. The summed E-state index contributed by atoms with van der Waals surface area (Å²) in [5, 5.41) is 10.2. The van der Waals surface area contributed by atoms with E-state index in [1.165, 1.54) is 0 Å². The van der Waals surface area contributed by atoms with Gasteiger partial charge in [-0.15, -0.1) is 0 Å². The van der Waals surface area contributed by atoms with Crippen molar-refractivity contribution in [2.75, 3.05) is 6.54 Å². The molecule has 3 rings (SSSR count). The SMILES string of the molecule is CC(C)(C)OC(=O)N1CCC(C(=O)O)(c2cccc(Cl)n2)C2CC21. The third-order valence-electron chi connectivity index (χ3n) is 4.72. The number of amides is 1. The molecular formula is C17H21ClN2O4. The van der Waals surface area contributed by atoms with E-state index < -0.39 is 17.0 Å². The number of likely N-dealkylation sites (tertiary alicyclic amines) is 1. The number of piperidine rings is 1. The van der Waals surface area contributed by atoms with Crippen LogP contribution in [0.25, 0.3) is 0 Å². The van der Waals surface area contributed by atoms with Crippen molar-refractivity contribution in [1.29, 1.82) is 0 Å². The summed E-state index contributed by atoms with van der Waals surface area (Å²) in [5.74, 6) is -1.07. The fraction of sp³-hybridized carbons (Fsp3) is 0.588. The van der Waals surface area contributed by atoms with E-state index in [1.54, 1.807) is 23.1 Å². The first-order chi connectivity index (χ1) is 11.1. The van der Waals surface area contributed by atoms with E-state index in [4.69, 9.17) is 16.3 Å². The molecule has 1 saturated carbocycles. The molecule has 0 bridgehead atoms. The summed E-state index contributed by atoms with van der Waals surface area (Å²) in [6, 6.07) is 4.93. The maximum atomic E-state index is 12.3. The van der Waals surface area contributed by atoms with Gasteiger partial charge < -0.3 is 14.7 Å². The van der Waals surface area contributed by atoms with Crippen LogP contribution in [0.4, 0.5) is 4.79 Å². The molecule has 1 saturated heterocycles. The van der Waals surface area contributed by atoms with Gasteiger partial charge in [0.05, 0.1) is 5.69 Å². The van der Waals surface area contributed by atoms with E-state index in [2.05, 4.69) is 4.98 Å². The molecule has 1 aliphatic carbocycles.